The summed E-state index contributed by atoms with van der Waals surface area (Å²) in [5.74, 6) is 0.562. The maximum atomic E-state index is 12.6. The second-order valence-corrected chi connectivity index (χ2v) is 6.10. The van der Waals surface area contributed by atoms with Gasteiger partial charge in [0, 0.05) is 0 Å². The highest BCUT2D eigenvalue weighted by Gasteiger charge is 2.31. The average molecular weight is 389 g/mol. The summed E-state index contributed by atoms with van der Waals surface area (Å²) in [5.41, 5.74) is 2.05. The Morgan fingerprint density at radius 1 is 1.22 bits per heavy atom. The Morgan fingerprint density at radius 2 is 1.96 bits per heavy atom. The first-order valence-corrected chi connectivity index (χ1v) is 8.06. The number of ether oxygens (including phenoxy) is 1. The van der Waals surface area contributed by atoms with Gasteiger partial charge < -0.3 is 10.1 Å². The maximum Gasteiger partial charge on any atom is 0.281 e. The van der Waals surface area contributed by atoms with Crippen LogP contribution in [0, 0.1) is 0 Å². The molecule has 0 atom stereocenters. The number of amides is 1. The number of hydrogen-bond donors (Lipinski definition) is 1. The smallest absolute Gasteiger partial charge is 0.281 e. The molecule has 3 rings (SSSR count). The van der Waals surface area contributed by atoms with Crippen LogP contribution in [0.25, 0.3) is 6.08 Å². The molecule has 1 aliphatic rings. The number of anilines is 1. The molecule has 6 heteroatoms. The van der Waals surface area contributed by atoms with Crippen molar-refractivity contribution in [3.8, 4) is 5.75 Å². The topological polar surface area (TPSA) is 41.6 Å². The molecule has 1 heterocycles. The molecule has 2 aromatic rings. The normalized spacial score (nSPS) is 15.9. The lowest BCUT2D eigenvalue weighted by Crippen LogP contribution is -2.30. The molecule has 0 aromatic heterocycles. The molecule has 0 unspecified atom stereocenters. The number of nitrogens with one attached hydrogen (secondary N) is 1. The number of halogens is 1. The van der Waals surface area contributed by atoms with Crippen LogP contribution in [-0.2, 0) is 4.79 Å². The Labute approximate surface area is 147 Å². The van der Waals surface area contributed by atoms with Crippen LogP contribution in [0.5, 0.6) is 5.75 Å². The molecule has 2 aromatic carbocycles. The zero-order valence-corrected chi connectivity index (χ0v) is 14.6. The molecule has 0 radical (unpaired) electrons. The second-order valence-electron chi connectivity index (χ2n) is 4.86. The number of hydrogen-bond acceptors (Lipinski definition) is 3. The van der Waals surface area contributed by atoms with Gasteiger partial charge in [-0.3, -0.25) is 9.69 Å². The molecule has 0 spiro atoms. The van der Waals surface area contributed by atoms with E-state index >= 15 is 0 Å². The van der Waals surface area contributed by atoms with Crippen LogP contribution in [-0.4, -0.2) is 18.1 Å². The van der Waals surface area contributed by atoms with Gasteiger partial charge in [0.05, 0.1) is 17.3 Å². The number of benzene rings is 2. The molecule has 0 saturated carbocycles. The standard InChI is InChI=1S/C17H13BrN2O2S/c1-22-15-8-7-11(9-13(15)18)10-14-16(21)20(17(23)19-14)12-5-3-2-4-6-12/h2-10H,1H3,(H,19,23)/b14-10-. The number of carbonyl (C=O) groups excluding carboxylic acids is 1. The Balaban J connectivity index is 1.91. The number of methoxy groups -OCH3 is 1. The van der Waals surface area contributed by atoms with E-state index in [2.05, 4.69) is 21.2 Å². The Bertz CT molecular complexity index is 805. The SMILES string of the molecule is COc1ccc(/C=C2\NC(=S)N(c3ccccc3)C2=O)cc1Br. The van der Waals surface area contributed by atoms with E-state index in [1.165, 1.54) is 4.90 Å². The van der Waals surface area contributed by atoms with E-state index in [0.717, 1.165) is 21.5 Å². The van der Waals surface area contributed by atoms with E-state index in [0.29, 0.717) is 10.8 Å². The van der Waals surface area contributed by atoms with E-state index in [1.54, 1.807) is 13.2 Å². The summed E-state index contributed by atoms with van der Waals surface area (Å²) in [6, 6.07) is 14.9. The van der Waals surface area contributed by atoms with Crippen molar-refractivity contribution in [2.24, 2.45) is 0 Å². The van der Waals surface area contributed by atoms with Crippen LogP contribution in [0.1, 0.15) is 5.56 Å². The van der Waals surface area contributed by atoms with Gasteiger partial charge in [-0.25, -0.2) is 0 Å². The van der Waals surface area contributed by atoms with E-state index in [-0.39, 0.29) is 5.91 Å². The van der Waals surface area contributed by atoms with E-state index in [4.69, 9.17) is 17.0 Å². The second kappa shape index (κ2) is 6.52. The van der Waals surface area contributed by atoms with Gasteiger partial charge in [0.25, 0.3) is 5.91 Å². The summed E-state index contributed by atoms with van der Waals surface area (Å²) in [5, 5.41) is 3.35. The van der Waals surface area contributed by atoms with Crippen LogP contribution in [0.4, 0.5) is 5.69 Å². The lowest BCUT2D eigenvalue weighted by molar-refractivity contribution is -0.113. The van der Waals surface area contributed by atoms with Crippen molar-refractivity contribution in [2.45, 2.75) is 0 Å². The van der Waals surface area contributed by atoms with Gasteiger partial charge in [-0.1, -0.05) is 24.3 Å². The van der Waals surface area contributed by atoms with Crippen molar-refractivity contribution >= 4 is 50.9 Å². The van der Waals surface area contributed by atoms with Crippen LogP contribution in [0.2, 0.25) is 0 Å². The lowest BCUT2D eigenvalue weighted by Gasteiger charge is -2.13. The first-order valence-electron chi connectivity index (χ1n) is 6.86. The fourth-order valence-corrected chi connectivity index (χ4v) is 3.14. The molecule has 1 saturated heterocycles. The van der Waals surface area contributed by atoms with Crippen LogP contribution < -0.4 is 15.0 Å². The van der Waals surface area contributed by atoms with E-state index in [1.807, 2.05) is 48.5 Å². The van der Waals surface area contributed by atoms with Gasteiger partial charge in [0.2, 0.25) is 0 Å². The summed E-state index contributed by atoms with van der Waals surface area (Å²) < 4.78 is 6.03. The molecular formula is C17H13BrN2O2S. The van der Waals surface area contributed by atoms with Crippen molar-refractivity contribution in [1.29, 1.82) is 0 Å². The fourth-order valence-electron chi connectivity index (χ4n) is 2.29. The minimum absolute atomic E-state index is 0.173. The van der Waals surface area contributed by atoms with Crippen LogP contribution in [0.3, 0.4) is 0 Å². The van der Waals surface area contributed by atoms with Gasteiger partial charge >= 0.3 is 0 Å². The van der Waals surface area contributed by atoms with Crippen molar-refractivity contribution < 1.29 is 9.53 Å². The van der Waals surface area contributed by atoms with Gasteiger partial charge in [-0.05, 0) is 64.1 Å². The summed E-state index contributed by atoms with van der Waals surface area (Å²) in [6.07, 6.45) is 1.77. The van der Waals surface area contributed by atoms with Gasteiger partial charge in [0.1, 0.15) is 11.4 Å². The van der Waals surface area contributed by atoms with Crippen molar-refractivity contribution in [2.75, 3.05) is 12.0 Å². The fraction of sp³-hybridized carbons (Fsp3) is 0.0588. The van der Waals surface area contributed by atoms with Crippen molar-refractivity contribution in [3.63, 3.8) is 0 Å². The zero-order valence-electron chi connectivity index (χ0n) is 12.2. The Morgan fingerprint density at radius 3 is 2.61 bits per heavy atom. The largest absolute Gasteiger partial charge is 0.496 e. The van der Waals surface area contributed by atoms with Crippen molar-refractivity contribution in [1.82, 2.24) is 5.32 Å². The number of nitrogens with zero attached hydrogens (tertiary/aromatic N) is 1. The molecule has 1 aliphatic heterocycles. The lowest BCUT2D eigenvalue weighted by atomic mass is 10.2. The van der Waals surface area contributed by atoms with Crippen LogP contribution >= 0.6 is 28.1 Å². The highest BCUT2D eigenvalue weighted by atomic mass is 79.9. The van der Waals surface area contributed by atoms with E-state index < -0.39 is 0 Å². The quantitative estimate of drug-likeness (QED) is 0.642. The summed E-state index contributed by atoms with van der Waals surface area (Å²) in [6.45, 7) is 0. The molecule has 1 N–H and O–H groups in total. The Hall–Kier alpha value is -2.18. The number of rotatable bonds is 3. The number of carbonyl (C=O) groups is 1. The molecule has 4 nitrogen and oxygen atoms in total. The Kier molecular flexibility index (Phi) is 4.45. The molecule has 1 amide bonds. The van der Waals surface area contributed by atoms with Gasteiger partial charge in [0.15, 0.2) is 5.11 Å². The highest BCUT2D eigenvalue weighted by molar-refractivity contribution is 9.10. The first-order chi connectivity index (χ1) is 11.1. The average Bonchev–Trinajstić information content (AvgIpc) is 2.82. The molecule has 0 aliphatic carbocycles. The summed E-state index contributed by atoms with van der Waals surface area (Å²) in [7, 11) is 1.61. The minimum atomic E-state index is -0.173. The predicted molar refractivity (Wildman–Crippen MR) is 98.3 cm³/mol. The molecule has 0 bridgehead atoms. The molecule has 116 valence electrons. The molecule has 23 heavy (non-hydrogen) atoms. The van der Waals surface area contributed by atoms with Crippen LogP contribution in [0.15, 0.2) is 58.7 Å². The minimum Gasteiger partial charge on any atom is -0.496 e. The maximum absolute atomic E-state index is 12.6. The predicted octanol–water partition coefficient (Wildman–Crippen LogP) is 3.72. The zero-order chi connectivity index (χ0) is 16.4. The van der Waals surface area contributed by atoms with Crippen molar-refractivity contribution in [3.05, 3.63) is 64.3 Å². The number of thiocarbonyl (C=S) groups is 1. The molecular weight excluding hydrogens is 376 g/mol. The summed E-state index contributed by atoms with van der Waals surface area (Å²) in [4.78, 5) is 14.1. The monoisotopic (exact) mass is 388 g/mol. The summed E-state index contributed by atoms with van der Waals surface area (Å²) >= 11 is 8.72. The first kappa shape index (κ1) is 15.7. The molecule has 1 fully saturated rings. The third-order valence-electron chi connectivity index (χ3n) is 3.38. The van der Waals surface area contributed by atoms with Gasteiger partial charge in [-0.15, -0.1) is 0 Å². The third-order valence-corrected chi connectivity index (χ3v) is 4.28. The van der Waals surface area contributed by atoms with E-state index in [9.17, 15) is 4.79 Å². The third kappa shape index (κ3) is 3.13. The van der Waals surface area contributed by atoms with Gasteiger partial charge in [-0.2, -0.15) is 0 Å². The highest BCUT2D eigenvalue weighted by Crippen LogP contribution is 2.27. The number of para-hydroxylation sites is 1.